The number of nitrogens with zero attached hydrogens (tertiary/aromatic N) is 2. The normalized spacial score (nSPS) is 13.2. The minimum absolute atomic E-state index is 0.379. The van der Waals surface area contributed by atoms with E-state index in [4.69, 9.17) is 0 Å². The molecule has 1 atom stereocenters. The molecule has 0 spiro atoms. The van der Waals surface area contributed by atoms with Crippen LogP contribution in [0, 0.1) is 5.92 Å². The summed E-state index contributed by atoms with van der Waals surface area (Å²) in [6, 6.07) is 4.20. The Labute approximate surface area is 104 Å². The minimum Gasteiger partial charge on any atom is -0.389 e. The van der Waals surface area contributed by atoms with Crippen LogP contribution >= 0.6 is 0 Å². The highest BCUT2D eigenvalue weighted by molar-refractivity contribution is 5.48. The fourth-order valence-electron chi connectivity index (χ4n) is 1.91. The molecule has 0 aliphatic rings. The largest absolute Gasteiger partial charge is 0.389 e. The molecule has 0 amide bonds. The van der Waals surface area contributed by atoms with Crippen molar-refractivity contribution in [3.63, 3.8) is 0 Å². The van der Waals surface area contributed by atoms with Gasteiger partial charge in [-0.3, -0.25) is 0 Å². The first-order valence-corrected chi connectivity index (χ1v) is 6.33. The molecule has 1 rings (SSSR count). The van der Waals surface area contributed by atoms with Gasteiger partial charge in [0.15, 0.2) is 0 Å². The molecule has 0 aromatic carbocycles. The second-order valence-corrected chi connectivity index (χ2v) is 5.23. The van der Waals surface area contributed by atoms with Gasteiger partial charge >= 0.3 is 0 Å². The number of anilines is 1. The van der Waals surface area contributed by atoms with Gasteiger partial charge < -0.3 is 10.0 Å². The van der Waals surface area contributed by atoms with Crippen molar-refractivity contribution in [2.75, 3.05) is 11.4 Å². The molecule has 0 fully saturated rings. The number of aliphatic hydroxyl groups excluding tert-OH is 1. The summed E-state index contributed by atoms with van der Waals surface area (Å²) in [5.74, 6) is 1.48. The predicted molar refractivity (Wildman–Crippen MR) is 72.2 cm³/mol. The lowest BCUT2D eigenvalue weighted by atomic mass is 10.1. The van der Waals surface area contributed by atoms with E-state index in [1.54, 1.807) is 13.1 Å². The maximum Gasteiger partial charge on any atom is 0.134 e. The van der Waals surface area contributed by atoms with E-state index in [-0.39, 0.29) is 0 Å². The first kappa shape index (κ1) is 14.0. The Hall–Kier alpha value is -1.09. The highest BCUT2D eigenvalue weighted by Crippen LogP contribution is 2.25. The van der Waals surface area contributed by atoms with Gasteiger partial charge in [0.1, 0.15) is 5.82 Å². The summed E-state index contributed by atoms with van der Waals surface area (Å²) >= 11 is 0. The van der Waals surface area contributed by atoms with Crippen LogP contribution < -0.4 is 4.90 Å². The van der Waals surface area contributed by atoms with Gasteiger partial charge in [0, 0.05) is 24.3 Å². The van der Waals surface area contributed by atoms with Crippen LogP contribution in [0.5, 0.6) is 0 Å². The van der Waals surface area contributed by atoms with Crippen molar-refractivity contribution in [3.8, 4) is 0 Å². The Morgan fingerprint density at radius 1 is 1.24 bits per heavy atom. The van der Waals surface area contributed by atoms with Crippen LogP contribution in [-0.4, -0.2) is 22.7 Å². The van der Waals surface area contributed by atoms with Crippen LogP contribution in [0.15, 0.2) is 18.3 Å². The van der Waals surface area contributed by atoms with Crippen molar-refractivity contribution >= 4 is 5.82 Å². The fraction of sp³-hybridized carbons (Fsp3) is 0.643. The monoisotopic (exact) mass is 236 g/mol. The van der Waals surface area contributed by atoms with Crippen LogP contribution in [0.2, 0.25) is 0 Å². The summed E-state index contributed by atoms with van der Waals surface area (Å²) in [7, 11) is 0. The maximum atomic E-state index is 9.80. The van der Waals surface area contributed by atoms with E-state index in [0.29, 0.717) is 12.0 Å². The van der Waals surface area contributed by atoms with Crippen LogP contribution in [0.4, 0.5) is 5.82 Å². The van der Waals surface area contributed by atoms with Crippen molar-refractivity contribution in [1.82, 2.24) is 4.98 Å². The zero-order chi connectivity index (χ0) is 13.0. The summed E-state index contributed by atoms with van der Waals surface area (Å²) in [4.78, 5) is 6.70. The number of hydrogen-bond donors (Lipinski definition) is 1. The first-order valence-electron chi connectivity index (χ1n) is 6.33. The van der Waals surface area contributed by atoms with E-state index >= 15 is 0 Å². The smallest absolute Gasteiger partial charge is 0.134 e. The van der Waals surface area contributed by atoms with E-state index in [2.05, 4.69) is 37.6 Å². The molecule has 0 bridgehead atoms. The predicted octanol–water partition coefficient (Wildman–Crippen LogP) is 3.01. The van der Waals surface area contributed by atoms with Gasteiger partial charge in [0.25, 0.3) is 0 Å². The fourth-order valence-corrected chi connectivity index (χ4v) is 1.91. The third-order valence-electron chi connectivity index (χ3n) is 2.72. The molecule has 1 unspecified atom stereocenters. The van der Waals surface area contributed by atoms with Crippen molar-refractivity contribution in [1.29, 1.82) is 0 Å². The Morgan fingerprint density at radius 3 is 2.35 bits per heavy atom. The van der Waals surface area contributed by atoms with Crippen LogP contribution in [0.1, 0.15) is 46.3 Å². The molecule has 0 radical (unpaired) electrons. The SMILES string of the molecule is CC(C)CN(c1ncccc1C(C)O)C(C)C. The number of aliphatic hydroxyl groups is 1. The molecule has 1 aromatic rings. The molecule has 17 heavy (non-hydrogen) atoms. The van der Waals surface area contributed by atoms with E-state index < -0.39 is 6.10 Å². The van der Waals surface area contributed by atoms with E-state index in [0.717, 1.165) is 17.9 Å². The topological polar surface area (TPSA) is 36.4 Å². The van der Waals surface area contributed by atoms with Crippen LogP contribution in [0.25, 0.3) is 0 Å². The Bertz CT molecular complexity index is 348. The van der Waals surface area contributed by atoms with Crippen molar-refractivity contribution in [2.45, 2.75) is 46.8 Å². The second kappa shape index (κ2) is 6.01. The molecular weight excluding hydrogens is 212 g/mol. The zero-order valence-electron chi connectivity index (χ0n) is 11.5. The van der Waals surface area contributed by atoms with E-state index in [1.807, 2.05) is 12.1 Å². The quantitative estimate of drug-likeness (QED) is 0.853. The Balaban J connectivity index is 3.09. The molecular formula is C14H24N2O. The van der Waals surface area contributed by atoms with Crippen molar-refractivity contribution < 1.29 is 5.11 Å². The second-order valence-electron chi connectivity index (χ2n) is 5.23. The molecule has 1 heterocycles. The summed E-state index contributed by atoms with van der Waals surface area (Å²) in [5.41, 5.74) is 0.904. The molecule has 0 aliphatic heterocycles. The summed E-state index contributed by atoms with van der Waals surface area (Å²) < 4.78 is 0. The lowest BCUT2D eigenvalue weighted by Crippen LogP contribution is -2.35. The van der Waals surface area contributed by atoms with Gasteiger partial charge in [0.05, 0.1) is 6.10 Å². The number of rotatable bonds is 5. The van der Waals surface area contributed by atoms with Gasteiger partial charge in [-0.2, -0.15) is 0 Å². The minimum atomic E-state index is -0.480. The van der Waals surface area contributed by atoms with Gasteiger partial charge in [-0.1, -0.05) is 19.9 Å². The standard InChI is InChI=1S/C14H24N2O/c1-10(2)9-16(11(3)4)14-13(12(5)17)7-6-8-15-14/h6-8,10-12,17H,9H2,1-5H3. The molecule has 0 saturated heterocycles. The van der Waals surface area contributed by atoms with Crippen LogP contribution in [-0.2, 0) is 0 Å². The van der Waals surface area contributed by atoms with Crippen molar-refractivity contribution in [2.24, 2.45) is 5.92 Å². The van der Waals surface area contributed by atoms with Gasteiger partial charge in [-0.25, -0.2) is 4.98 Å². The molecule has 1 N–H and O–H groups in total. The maximum absolute atomic E-state index is 9.80. The molecule has 1 aromatic heterocycles. The van der Waals surface area contributed by atoms with Gasteiger partial charge in [-0.05, 0) is 32.8 Å². The van der Waals surface area contributed by atoms with Gasteiger partial charge in [-0.15, -0.1) is 0 Å². The molecule has 3 nitrogen and oxygen atoms in total. The lowest BCUT2D eigenvalue weighted by molar-refractivity contribution is 0.199. The van der Waals surface area contributed by atoms with Crippen molar-refractivity contribution in [3.05, 3.63) is 23.9 Å². The summed E-state index contributed by atoms with van der Waals surface area (Å²) in [6.45, 7) is 11.4. The molecule has 0 saturated carbocycles. The van der Waals surface area contributed by atoms with E-state index in [9.17, 15) is 5.11 Å². The number of hydrogen-bond acceptors (Lipinski definition) is 3. The molecule has 3 heteroatoms. The highest BCUT2D eigenvalue weighted by atomic mass is 16.3. The first-order chi connectivity index (χ1) is 7.93. The Morgan fingerprint density at radius 2 is 1.88 bits per heavy atom. The molecule has 96 valence electrons. The number of pyridine rings is 1. The Kier molecular flexibility index (Phi) is 4.94. The third kappa shape index (κ3) is 3.70. The lowest BCUT2D eigenvalue weighted by Gasteiger charge is -2.31. The van der Waals surface area contributed by atoms with Gasteiger partial charge in [0.2, 0.25) is 0 Å². The summed E-state index contributed by atoms with van der Waals surface area (Å²) in [5, 5.41) is 9.80. The number of aromatic nitrogens is 1. The molecule has 0 aliphatic carbocycles. The van der Waals surface area contributed by atoms with E-state index in [1.165, 1.54) is 0 Å². The third-order valence-corrected chi connectivity index (χ3v) is 2.72. The van der Waals surface area contributed by atoms with Crippen LogP contribution in [0.3, 0.4) is 0 Å². The average molecular weight is 236 g/mol. The average Bonchev–Trinajstić information content (AvgIpc) is 2.25. The zero-order valence-corrected chi connectivity index (χ0v) is 11.5. The highest BCUT2D eigenvalue weighted by Gasteiger charge is 2.18. The summed E-state index contributed by atoms with van der Waals surface area (Å²) in [6.07, 6.45) is 1.31.